The van der Waals surface area contributed by atoms with Crippen molar-refractivity contribution in [3.8, 4) is 5.75 Å². The summed E-state index contributed by atoms with van der Waals surface area (Å²) in [4.78, 5) is 15.6. The number of nitro groups is 1. The fourth-order valence-corrected chi connectivity index (χ4v) is 2.79. The summed E-state index contributed by atoms with van der Waals surface area (Å²) in [6.07, 6.45) is 3.79. The summed E-state index contributed by atoms with van der Waals surface area (Å²) in [5.41, 5.74) is 0.768. The van der Waals surface area contributed by atoms with Crippen molar-refractivity contribution in [1.82, 2.24) is 9.38 Å². The summed E-state index contributed by atoms with van der Waals surface area (Å²) in [5.74, 6) is 0.426. The molecular formula is C12H8BrN3O3S. The molecule has 0 aliphatic rings. The Labute approximate surface area is 125 Å². The van der Waals surface area contributed by atoms with Gasteiger partial charge in [0.25, 0.3) is 5.69 Å². The largest absolute Gasteiger partial charge is 0.486 e. The quantitative estimate of drug-likeness (QED) is 0.530. The molecule has 2 aromatic heterocycles. The molecule has 3 aromatic rings. The lowest BCUT2D eigenvalue weighted by Crippen LogP contribution is -1.97. The predicted octanol–water partition coefficient (Wildman–Crippen LogP) is 3.65. The molecule has 0 amide bonds. The number of hydrogen-bond donors (Lipinski definition) is 0. The van der Waals surface area contributed by atoms with Crippen molar-refractivity contribution in [2.75, 3.05) is 0 Å². The van der Waals surface area contributed by atoms with Crippen LogP contribution in [-0.4, -0.2) is 14.3 Å². The van der Waals surface area contributed by atoms with Gasteiger partial charge in [0.1, 0.15) is 12.4 Å². The summed E-state index contributed by atoms with van der Waals surface area (Å²) >= 11 is 4.85. The van der Waals surface area contributed by atoms with Crippen LogP contribution >= 0.6 is 27.3 Å². The summed E-state index contributed by atoms with van der Waals surface area (Å²) in [7, 11) is 0. The Kier molecular flexibility index (Phi) is 3.41. The molecule has 0 atom stereocenters. The van der Waals surface area contributed by atoms with Crippen molar-refractivity contribution in [3.63, 3.8) is 0 Å². The number of imidazole rings is 1. The van der Waals surface area contributed by atoms with Crippen LogP contribution < -0.4 is 4.74 Å². The Morgan fingerprint density at radius 2 is 2.35 bits per heavy atom. The van der Waals surface area contributed by atoms with Crippen LogP contribution in [-0.2, 0) is 6.61 Å². The molecule has 0 aliphatic carbocycles. The lowest BCUT2D eigenvalue weighted by molar-refractivity contribution is -0.385. The highest BCUT2D eigenvalue weighted by Gasteiger charge is 2.11. The Morgan fingerprint density at radius 1 is 1.50 bits per heavy atom. The lowest BCUT2D eigenvalue weighted by Gasteiger charge is -2.06. The molecule has 0 saturated heterocycles. The molecule has 0 radical (unpaired) electrons. The molecule has 2 heterocycles. The van der Waals surface area contributed by atoms with Crippen molar-refractivity contribution in [1.29, 1.82) is 0 Å². The fourth-order valence-electron chi connectivity index (χ4n) is 1.71. The van der Waals surface area contributed by atoms with Gasteiger partial charge in [0, 0.05) is 23.8 Å². The SMILES string of the molecule is O=[N+]([O-])c1ccc(Br)c(OCc2cn3ccsc3n2)c1. The number of fused-ring (bicyclic) bond motifs is 1. The summed E-state index contributed by atoms with van der Waals surface area (Å²) in [6, 6.07) is 4.41. The van der Waals surface area contributed by atoms with Gasteiger partial charge in [-0.05, 0) is 22.0 Å². The molecule has 6 nitrogen and oxygen atoms in total. The first-order valence-corrected chi connectivity index (χ1v) is 7.28. The minimum absolute atomic E-state index is 0.00553. The number of thiazole rings is 1. The van der Waals surface area contributed by atoms with Gasteiger partial charge < -0.3 is 4.74 Å². The minimum Gasteiger partial charge on any atom is -0.486 e. The number of nitrogens with zero attached hydrogens (tertiary/aromatic N) is 3. The molecule has 0 N–H and O–H groups in total. The third-order valence-corrected chi connectivity index (χ3v) is 4.07. The van der Waals surface area contributed by atoms with Gasteiger partial charge in [0.05, 0.1) is 21.2 Å². The Bertz CT molecular complexity index is 755. The molecular weight excluding hydrogens is 346 g/mol. The Morgan fingerprint density at radius 3 is 3.10 bits per heavy atom. The molecule has 102 valence electrons. The number of hydrogen-bond acceptors (Lipinski definition) is 5. The number of ether oxygens (including phenoxy) is 1. The number of halogens is 1. The van der Waals surface area contributed by atoms with E-state index in [2.05, 4.69) is 20.9 Å². The fraction of sp³-hybridized carbons (Fsp3) is 0.0833. The van der Waals surface area contributed by atoms with Crippen LogP contribution in [0.25, 0.3) is 4.96 Å². The number of nitro benzene ring substituents is 1. The van der Waals surface area contributed by atoms with Crippen LogP contribution in [0.4, 0.5) is 5.69 Å². The molecule has 0 spiro atoms. The maximum Gasteiger partial charge on any atom is 0.273 e. The van der Waals surface area contributed by atoms with E-state index in [1.165, 1.54) is 23.5 Å². The van der Waals surface area contributed by atoms with Crippen molar-refractivity contribution in [3.05, 3.63) is 56.3 Å². The van der Waals surface area contributed by atoms with Gasteiger partial charge in [-0.3, -0.25) is 14.5 Å². The summed E-state index contributed by atoms with van der Waals surface area (Å²) in [6.45, 7) is 0.258. The van der Waals surface area contributed by atoms with E-state index in [9.17, 15) is 10.1 Å². The van der Waals surface area contributed by atoms with Gasteiger partial charge >= 0.3 is 0 Å². The Balaban J connectivity index is 1.79. The van der Waals surface area contributed by atoms with E-state index in [1.807, 2.05) is 22.2 Å². The molecule has 20 heavy (non-hydrogen) atoms. The van der Waals surface area contributed by atoms with Gasteiger partial charge in [-0.2, -0.15) is 0 Å². The molecule has 0 aliphatic heterocycles. The zero-order valence-corrected chi connectivity index (χ0v) is 12.4. The van der Waals surface area contributed by atoms with Gasteiger partial charge in [0.2, 0.25) is 0 Å². The average molecular weight is 354 g/mol. The molecule has 0 bridgehead atoms. The highest BCUT2D eigenvalue weighted by atomic mass is 79.9. The van der Waals surface area contributed by atoms with E-state index in [-0.39, 0.29) is 12.3 Å². The maximum atomic E-state index is 10.7. The number of aromatic nitrogens is 2. The number of non-ortho nitro benzene ring substituents is 1. The van der Waals surface area contributed by atoms with Crippen LogP contribution in [0.3, 0.4) is 0 Å². The zero-order chi connectivity index (χ0) is 14.1. The second-order valence-electron chi connectivity index (χ2n) is 3.99. The average Bonchev–Trinajstić information content (AvgIpc) is 2.98. The standard InChI is InChI=1S/C12H8BrN3O3S/c13-10-2-1-9(16(17)18)5-11(10)19-7-8-6-15-3-4-20-12(15)14-8/h1-6H,7H2. The molecule has 0 unspecified atom stereocenters. The third-order valence-electron chi connectivity index (χ3n) is 2.64. The minimum atomic E-state index is -0.452. The van der Waals surface area contributed by atoms with Crippen LogP contribution in [0.1, 0.15) is 5.69 Å². The molecule has 0 fully saturated rings. The van der Waals surface area contributed by atoms with E-state index in [1.54, 1.807) is 6.07 Å². The normalized spacial score (nSPS) is 10.8. The second-order valence-corrected chi connectivity index (χ2v) is 5.71. The second kappa shape index (κ2) is 5.22. The van der Waals surface area contributed by atoms with E-state index >= 15 is 0 Å². The van der Waals surface area contributed by atoms with Gasteiger partial charge in [0.15, 0.2) is 4.96 Å². The monoisotopic (exact) mass is 353 g/mol. The van der Waals surface area contributed by atoms with Crippen molar-refractivity contribution < 1.29 is 9.66 Å². The van der Waals surface area contributed by atoms with Crippen LogP contribution in [0.5, 0.6) is 5.75 Å². The molecule has 1 aromatic carbocycles. The first kappa shape index (κ1) is 13.1. The smallest absolute Gasteiger partial charge is 0.273 e. The number of benzene rings is 1. The van der Waals surface area contributed by atoms with Gasteiger partial charge in [-0.1, -0.05) is 0 Å². The van der Waals surface area contributed by atoms with Crippen molar-refractivity contribution >= 4 is 37.9 Å². The molecule has 8 heteroatoms. The first-order valence-electron chi connectivity index (χ1n) is 5.61. The van der Waals surface area contributed by atoms with E-state index in [0.717, 1.165) is 10.7 Å². The van der Waals surface area contributed by atoms with Crippen molar-refractivity contribution in [2.45, 2.75) is 6.61 Å². The number of rotatable bonds is 4. The van der Waals surface area contributed by atoms with E-state index in [4.69, 9.17) is 4.74 Å². The predicted molar refractivity (Wildman–Crippen MR) is 78.2 cm³/mol. The lowest BCUT2D eigenvalue weighted by atomic mass is 10.3. The molecule has 0 saturated carbocycles. The first-order chi connectivity index (χ1) is 9.63. The van der Waals surface area contributed by atoms with Gasteiger partial charge in [-0.15, -0.1) is 11.3 Å². The highest BCUT2D eigenvalue weighted by Crippen LogP contribution is 2.29. The topological polar surface area (TPSA) is 69.7 Å². The van der Waals surface area contributed by atoms with Crippen LogP contribution in [0.2, 0.25) is 0 Å². The Hall–Kier alpha value is -1.93. The van der Waals surface area contributed by atoms with E-state index < -0.39 is 4.92 Å². The highest BCUT2D eigenvalue weighted by molar-refractivity contribution is 9.10. The zero-order valence-electron chi connectivity index (χ0n) is 10.0. The third kappa shape index (κ3) is 2.52. The maximum absolute atomic E-state index is 10.7. The summed E-state index contributed by atoms with van der Waals surface area (Å²) < 4.78 is 8.17. The van der Waals surface area contributed by atoms with Crippen LogP contribution in [0.15, 0.2) is 40.4 Å². The summed E-state index contributed by atoms with van der Waals surface area (Å²) in [5, 5.41) is 12.7. The molecule has 3 rings (SSSR count). The van der Waals surface area contributed by atoms with Crippen LogP contribution in [0, 0.1) is 10.1 Å². The van der Waals surface area contributed by atoms with Gasteiger partial charge in [-0.25, -0.2) is 4.98 Å². The van der Waals surface area contributed by atoms with Crippen molar-refractivity contribution in [2.24, 2.45) is 0 Å². The van der Waals surface area contributed by atoms with E-state index in [0.29, 0.717) is 10.2 Å².